The Bertz CT molecular complexity index is 487. The molecule has 0 aliphatic heterocycles. The number of ether oxygens (including phenoxy) is 1. The van der Waals surface area contributed by atoms with E-state index >= 15 is 0 Å². The lowest BCUT2D eigenvalue weighted by Crippen LogP contribution is -2.24. The maximum atomic E-state index is 5.72. The lowest BCUT2D eigenvalue weighted by molar-refractivity contribution is 0.231. The van der Waals surface area contributed by atoms with Crippen molar-refractivity contribution in [2.45, 2.75) is 13.1 Å². The van der Waals surface area contributed by atoms with E-state index in [1.807, 2.05) is 29.8 Å². The van der Waals surface area contributed by atoms with Gasteiger partial charge in [-0.1, -0.05) is 12.1 Å². The Morgan fingerprint density at radius 2 is 2.32 bits per heavy atom. The highest BCUT2D eigenvalue weighted by Crippen LogP contribution is 2.12. The van der Waals surface area contributed by atoms with Crippen molar-refractivity contribution in [3.63, 3.8) is 0 Å². The van der Waals surface area contributed by atoms with Crippen molar-refractivity contribution in [3.8, 4) is 5.75 Å². The zero-order valence-electron chi connectivity index (χ0n) is 11.1. The fraction of sp³-hybridized carbons (Fsp3) is 0.357. The summed E-state index contributed by atoms with van der Waals surface area (Å²) in [7, 11) is 2.07. The van der Waals surface area contributed by atoms with E-state index in [1.165, 1.54) is 0 Å². The molecule has 5 heteroatoms. The van der Waals surface area contributed by atoms with E-state index in [1.54, 1.807) is 11.3 Å². The number of nitrogens with zero attached hydrogens (tertiary/aromatic N) is 2. The molecule has 0 saturated heterocycles. The molecule has 0 bridgehead atoms. The van der Waals surface area contributed by atoms with Crippen LogP contribution in [-0.2, 0) is 13.1 Å². The van der Waals surface area contributed by atoms with E-state index in [9.17, 15) is 0 Å². The normalized spacial score (nSPS) is 10.9. The van der Waals surface area contributed by atoms with Crippen LogP contribution in [0.3, 0.4) is 0 Å². The summed E-state index contributed by atoms with van der Waals surface area (Å²) >= 11 is 1.63. The molecule has 19 heavy (non-hydrogen) atoms. The van der Waals surface area contributed by atoms with Gasteiger partial charge in [-0.2, -0.15) is 0 Å². The Labute approximate surface area is 117 Å². The van der Waals surface area contributed by atoms with E-state index in [0.717, 1.165) is 30.1 Å². The minimum Gasteiger partial charge on any atom is -0.492 e. The van der Waals surface area contributed by atoms with Crippen LogP contribution in [0, 0.1) is 0 Å². The van der Waals surface area contributed by atoms with Crippen LogP contribution in [-0.4, -0.2) is 30.1 Å². The first kappa shape index (κ1) is 14.0. The molecular weight excluding hydrogens is 258 g/mol. The lowest BCUT2D eigenvalue weighted by Gasteiger charge is -2.15. The summed E-state index contributed by atoms with van der Waals surface area (Å²) in [4.78, 5) is 6.46. The van der Waals surface area contributed by atoms with E-state index in [-0.39, 0.29) is 0 Å². The molecule has 2 aromatic rings. The van der Waals surface area contributed by atoms with Crippen molar-refractivity contribution in [2.24, 2.45) is 5.73 Å². The number of benzene rings is 1. The van der Waals surface area contributed by atoms with Crippen LogP contribution >= 0.6 is 11.3 Å². The average molecular weight is 277 g/mol. The maximum Gasteiger partial charge on any atom is 0.119 e. The Morgan fingerprint density at radius 3 is 3.05 bits per heavy atom. The van der Waals surface area contributed by atoms with Crippen LogP contribution in [0.5, 0.6) is 5.75 Å². The number of thiazole rings is 1. The Balaban J connectivity index is 1.73. The minimum absolute atomic E-state index is 0.543. The van der Waals surface area contributed by atoms with Gasteiger partial charge in [0, 0.05) is 25.0 Å². The van der Waals surface area contributed by atoms with E-state index in [0.29, 0.717) is 13.2 Å². The Hall–Kier alpha value is -1.43. The number of hydrogen-bond donors (Lipinski definition) is 1. The second-order valence-corrected chi connectivity index (χ2v) is 5.14. The van der Waals surface area contributed by atoms with Gasteiger partial charge in [-0.3, -0.25) is 4.90 Å². The van der Waals surface area contributed by atoms with Gasteiger partial charge in [0.2, 0.25) is 0 Å². The maximum absolute atomic E-state index is 5.72. The van der Waals surface area contributed by atoms with Gasteiger partial charge >= 0.3 is 0 Å². The highest BCUT2D eigenvalue weighted by Gasteiger charge is 2.02. The summed E-state index contributed by atoms with van der Waals surface area (Å²) in [6.07, 6.45) is 0. The summed E-state index contributed by atoms with van der Waals surface area (Å²) in [5.74, 6) is 0.880. The monoisotopic (exact) mass is 277 g/mol. The third-order valence-corrected chi connectivity index (χ3v) is 3.43. The number of nitrogens with two attached hydrogens (primary N) is 1. The van der Waals surface area contributed by atoms with Crippen LogP contribution < -0.4 is 10.5 Å². The predicted molar refractivity (Wildman–Crippen MR) is 78.3 cm³/mol. The SMILES string of the molecule is CN(CCOc1cccc(CN)c1)Cc1cscn1. The van der Waals surface area contributed by atoms with Crippen molar-refractivity contribution < 1.29 is 4.74 Å². The van der Waals surface area contributed by atoms with Gasteiger partial charge in [0.1, 0.15) is 12.4 Å². The first-order valence-electron chi connectivity index (χ1n) is 6.25. The molecule has 0 fully saturated rings. The van der Waals surface area contributed by atoms with E-state index in [2.05, 4.69) is 22.3 Å². The average Bonchev–Trinajstić information content (AvgIpc) is 2.92. The summed E-state index contributed by atoms with van der Waals surface area (Å²) in [5.41, 5.74) is 9.66. The van der Waals surface area contributed by atoms with E-state index < -0.39 is 0 Å². The topological polar surface area (TPSA) is 51.4 Å². The standard InChI is InChI=1S/C14H19N3OS/c1-17(9-13-10-19-11-16-13)5-6-18-14-4-2-3-12(7-14)8-15/h2-4,7,10-11H,5-6,8-9,15H2,1H3. The zero-order valence-corrected chi connectivity index (χ0v) is 11.9. The first-order chi connectivity index (χ1) is 9.28. The number of rotatable bonds is 7. The van der Waals surface area contributed by atoms with Gasteiger partial charge in [0.05, 0.1) is 11.2 Å². The summed E-state index contributed by atoms with van der Waals surface area (Å²) < 4.78 is 5.72. The van der Waals surface area contributed by atoms with Crippen molar-refractivity contribution in [2.75, 3.05) is 20.2 Å². The quantitative estimate of drug-likeness (QED) is 0.842. The van der Waals surface area contributed by atoms with Crippen LogP contribution in [0.2, 0.25) is 0 Å². The van der Waals surface area contributed by atoms with Gasteiger partial charge in [-0.15, -0.1) is 11.3 Å². The highest BCUT2D eigenvalue weighted by atomic mass is 32.1. The third kappa shape index (κ3) is 4.63. The summed E-state index contributed by atoms with van der Waals surface area (Å²) in [6, 6.07) is 7.91. The molecule has 0 aliphatic rings. The Morgan fingerprint density at radius 1 is 1.42 bits per heavy atom. The lowest BCUT2D eigenvalue weighted by atomic mass is 10.2. The molecular formula is C14H19N3OS. The smallest absolute Gasteiger partial charge is 0.119 e. The van der Waals surface area contributed by atoms with Gasteiger partial charge in [0.25, 0.3) is 0 Å². The van der Waals surface area contributed by atoms with Gasteiger partial charge in [0.15, 0.2) is 0 Å². The molecule has 2 rings (SSSR count). The second kappa shape index (κ2) is 7.23. The molecule has 0 radical (unpaired) electrons. The number of hydrogen-bond acceptors (Lipinski definition) is 5. The molecule has 1 aromatic heterocycles. The predicted octanol–water partition coefficient (Wildman–Crippen LogP) is 2.11. The number of likely N-dealkylation sites (N-methyl/N-ethyl adjacent to an activating group) is 1. The molecule has 102 valence electrons. The molecule has 1 heterocycles. The third-order valence-electron chi connectivity index (χ3n) is 2.79. The molecule has 1 aromatic carbocycles. The highest BCUT2D eigenvalue weighted by molar-refractivity contribution is 7.07. The van der Waals surface area contributed by atoms with Crippen LogP contribution in [0.15, 0.2) is 35.2 Å². The van der Waals surface area contributed by atoms with Crippen molar-refractivity contribution >= 4 is 11.3 Å². The summed E-state index contributed by atoms with van der Waals surface area (Å²) in [5, 5.41) is 2.07. The molecule has 0 atom stereocenters. The molecule has 0 spiro atoms. The molecule has 0 aliphatic carbocycles. The molecule has 2 N–H and O–H groups in total. The van der Waals surface area contributed by atoms with Crippen LogP contribution in [0.4, 0.5) is 0 Å². The van der Waals surface area contributed by atoms with Gasteiger partial charge < -0.3 is 10.5 Å². The van der Waals surface area contributed by atoms with Crippen LogP contribution in [0.25, 0.3) is 0 Å². The fourth-order valence-corrected chi connectivity index (χ4v) is 2.30. The minimum atomic E-state index is 0.543. The van der Waals surface area contributed by atoms with Crippen molar-refractivity contribution in [3.05, 3.63) is 46.4 Å². The molecule has 4 nitrogen and oxygen atoms in total. The van der Waals surface area contributed by atoms with Gasteiger partial charge in [-0.25, -0.2) is 4.98 Å². The van der Waals surface area contributed by atoms with Crippen molar-refractivity contribution in [1.29, 1.82) is 0 Å². The van der Waals surface area contributed by atoms with E-state index in [4.69, 9.17) is 10.5 Å². The van der Waals surface area contributed by atoms with Gasteiger partial charge in [-0.05, 0) is 24.7 Å². The first-order valence-corrected chi connectivity index (χ1v) is 7.19. The molecule has 0 amide bonds. The largest absolute Gasteiger partial charge is 0.492 e. The zero-order chi connectivity index (χ0) is 13.5. The second-order valence-electron chi connectivity index (χ2n) is 4.42. The fourth-order valence-electron chi connectivity index (χ4n) is 1.75. The Kier molecular flexibility index (Phi) is 5.32. The van der Waals surface area contributed by atoms with Crippen LogP contribution in [0.1, 0.15) is 11.3 Å². The molecule has 0 unspecified atom stereocenters. The summed E-state index contributed by atoms with van der Waals surface area (Å²) in [6.45, 7) is 2.93. The van der Waals surface area contributed by atoms with Crippen molar-refractivity contribution in [1.82, 2.24) is 9.88 Å². The molecule has 0 saturated carbocycles. The number of aromatic nitrogens is 1.